The molecular formula is C11H13IN4O4. The zero-order valence-electron chi connectivity index (χ0n) is 10.6. The van der Waals surface area contributed by atoms with Crippen LogP contribution in [0.2, 0.25) is 0 Å². The number of amides is 1. The first kappa shape index (κ1) is 16.3. The summed E-state index contributed by atoms with van der Waals surface area (Å²) in [6.45, 7) is 0. The molecule has 0 aromatic heterocycles. The van der Waals surface area contributed by atoms with Crippen LogP contribution in [0.5, 0.6) is 0 Å². The first-order chi connectivity index (χ1) is 9.43. The highest BCUT2D eigenvalue weighted by atomic mass is 127. The first-order valence-corrected chi connectivity index (χ1v) is 6.37. The van der Waals surface area contributed by atoms with Crippen molar-refractivity contribution in [3.05, 3.63) is 29.8 Å². The fraction of sp³-hybridized carbons (Fsp3) is 0.273. The van der Waals surface area contributed by atoms with Gasteiger partial charge in [-0.25, -0.2) is 4.79 Å². The predicted molar refractivity (Wildman–Crippen MR) is 78.5 cm³/mol. The number of carboxylic acid groups (broad SMARTS) is 1. The summed E-state index contributed by atoms with van der Waals surface area (Å²) in [6.07, 6.45) is -0.410. The van der Waals surface area contributed by atoms with E-state index in [0.717, 1.165) is 10.6 Å². The standard InChI is InChI=1S/C11H13IN4O4/c1-16(11(19)20-12)15-14-8-4-2-7(3-5-8)6-9(13)10(17)18/h2-5,9H,6,13H2,1H3,(H,17,18)/b15-14-/t9-/m0/s1. The second kappa shape index (κ2) is 7.75. The molecule has 0 bridgehead atoms. The summed E-state index contributed by atoms with van der Waals surface area (Å²) in [5.41, 5.74) is 6.73. The number of hydrogen-bond acceptors (Lipinski definition) is 6. The van der Waals surface area contributed by atoms with Gasteiger partial charge in [0, 0.05) is 7.05 Å². The smallest absolute Gasteiger partial charge is 0.441 e. The molecule has 1 rings (SSSR count). The van der Waals surface area contributed by atoms with Gasteiger partial charge in [0.15, 0.2) is 23.0 Å². The number of carboxylic acids is 1. The third kappa shape index (κ3) is 5.09. The molecule has 3 N–H and O–H groups in total. The van der Waals surface area contributed by atoms with Gasteiger partial charge in [0.2, 0.25) is 0 Å². The maximum absolute atomic E-state index is 11.0. The molecular weight excluding hydrogens is 379 g/mol. The summed E-state index contributed by atoms with van der Waals surface area (Å²) in [6, 6.07) is 5.77. The van der Waals surface area contributed by atoms with E-state index in [1.807, 2.05) is 0 Å². The number of carbonyl (C=O) groups is 2. The fourth-order valence-electron chi connectivity index (χ4n) is 1.25. The van der Waals surface area contributed by atoms with Crippen LogP contribution < -0.4 is 5.73 Å². The molecule has 1 aromatic rings. The minimum Gasteiger partial charge on any atom is -0.480 e. The van der Waals surface area contributed by atoms with Crippen molar-refractivity contribution in [3.63, 3.8) is 0 Å². The van der Waals surface area contributed by atoms with Crippen LogP contribution in [-0.2, 0) is 14.3 Å². The topological polar surface area (TPSA) is 118 Å². The predicted octanol–water partition coefficient (Wildman–Crippen LogP) is 2.06. The van der Waals surface area contributed by atoms with Crippen LogP contribution >= 0.6 is 23.0 Å². The van der Waals surface area contributed by atoms with Crippen molar-refractivity contribution in [3.8, 4) is 0 Å². The van der Waals surface area contributed by atoms with Crippen molar-refractivity contribution in [2.24, 2.45) is 16.1 Å². The van der Waals surface area contributed by atoms with Crippen molar-refractivity contribution in [1.82, 2.24) is 5.01 Å². The molecule has 0 fully saturated rings. The molecule has 0 saturated carbocycles. The van der Waals surface area contributed by atoms with Gasteiger partial charge in [0.05, 0.1) is 5.69 Å². The Labute approximate surface area is 129 Å². The second-order valence-electron chi connectivity index (χ2n) is 3.87. The van der Waals surface area contributed by atoms with Crippen molar-refractivity contribution < 1.29 is 17.8 Å². The van der Waals surface area contributed by atoms with Crippen molar-refractivity contribution in [2.45, 2.75) is 12.5 Å². The largest absolute Gasteiger partial charge is 0.480 e. The Hall–Kier alpha value is -1.75. The monoisotopic (exact) mass is 392 g/mol. The molecule has 0 aliphatic carbocycles. The zero-order valence-corrected chi connectivity index (χ0v) is 12.7. The van der Waals surface area contributed by atoms with Gasteiger partial charge in [-0.3, -0.25) is 4.79 Å². The van der Waals surface area contributed by atoms with Crippen LogP contribution in [0.15, 0.2) is 34.6 Å². The lowest BCUT2D eigenvalue weighted by Crippen LogP contribution is -2.32. The molecule has 8 nitrogen and oxygen atoms in total. The Bertz CT molecular complexity index is 506. The molecule has 0 saturated heterocycles. The van der Waals surface area contributed by atoms with E-state index in [9.17, 15) is 9.59 Å². The number of hydrogen-bond donors (Lipinski definition) is 2. The van der Waals surface area contributed by atoms with Crippen LogP contribution in [0.3, 0.4) is 0 Å². The van der Waals surface area contributed by atoms with E-state index in [1.165, 1.54) is 30.1 Å². The van der Waals surface area contributed by atoms with Crippen LogP contribution in [0.25, 0.3) is 0 Å². The Kier molecular flexibility index (Phi) is 6.31. The maximum atomic E-state index is 11.0. The van der Waals surface area contributed by atoms with Gasteiger partial charge in [-0.15, -0.1) is 5.11 Å². The second-order valence-corrected chi connectivity index (χ2v) is 4.31. The van der Waals surface area contributed by atoms with Gasteiger partial charge in [-0.2, -0.15) is 5.01 Å². The van der Waals surface area contributed by atoms with Gasteiger partial charge in [0.1, 0.15) is 6.04 Å². The van der Waals surface area contributed by atoms with Gasteiger partial charge < -0.3 is 13.9 Å². The summed E-state index contributed by atoms with van der Waals surface area (Å²) < 4.78 is 4.42. The quantitative estimate of drug-likeness (QED) is 0.452. The third-order valence-electron chi connectivity index (χ3n) is 2.33. The molecule has 0 unspecified atom stereocenters. The SMILES string of the molecule is CN(/N=N\c1ccc(C[C@H](N)C(=O)O)cc1)C(=O)OI. The minimum absolute atomic E-state index is 0.230. The van der Waals surface area contributed by atoms with Crippen LogP contribution in [0.4, 0.5) is 10.5 Å². The van der Waals surface area contributed by atoms with Gasteiger partial charge in [0.25, 0.3) is 0 Å². The van der Waals surface area contributed by atoms with Gasteiger partial charge >= 0.3 is 12.1 Å². The average Bonchev–Trinajstić information content (AvgIpc) is 2.45. The van der Waals surface area contributed by atoms with Gasteiger partial charge in [-0.1, -0.05) is 17.4 Å². The molecule has 0 radical (unpaired) electrons. The summed E-state index contributed by atoms with van der Waals surface area (Å²) in [5, 5.41) is 17.1. The number of halogens is 1. The Morgan fingerprint density at radius 3 is 2.55 bits per heavy atom. The highest BCUT2D eigenvalue weighted by Crippen LogP contribution is 2.15. The summed E-state index contributed by atoms with van der Waals surface area (Å²) in [5.74, 6) is -1.05. The van der Waals surface area contributed by atoms with E-state index >= 15 is 0 Å². The molecule has 0 spiro atoms. The third-order valence-corrected chi connectivity index (χ3v) is 2.71. The molecule has 1 amide bonds. The van der Waals surface area contributed by atoms with E-state index in [1.54, 1.807) is 24.3 Å². The highest BCUT2D eigenvalue weighted by Gasteiger charge is 2.11. The van der Waals surface area contributed by atoms with E-state index < -0.39 is 18.1 Å². The van der Waals surface area contributed by atoms with Crippen LogP contribution in [0, 0.1) is 0 Å². The molecule has 1 atom stereocenters. The Balaban J connectivity index is 2.65. The lowest BCUT2D eigenvalue weighted by Gasteiger charge is -2.07. The number of benzene rings is 1. The molecule has 0 heterocycles. The zero-order chi connectivity index (χ0) is 15.1. The van der Waals surface area contributed by atoms with Gasteiger partial charge in [-0.05, 0) is 24.1 Å². The molecule has 20 heavy (non-hydrogen) atoms. The van der Waals surface area contributed by atoms with E-state index in [4.69, 9.17) is 10.8 Å². The summed E-state index contributed by atoms with van der Waals surface area (Å²) >= 11 is 1.45. The van der Waals surface area contributed by atoms with E-state index in [2.05, 4.69) is 13.4 Å². The molecule has 0 aliphatic heterocycles. The highest BCUT2D eigenvalue weighted by molar-refractivity contribution is 14.1. The maximum Gasteiger partial charge on any atom is 0.441 e. The van der Waals surface area contributed by atoms with Crippen molar-refractivity contribution in [2.75, 3.05) is 7.05 Å². The first-order valence-electron chi connectivity index (χ1n) is 5.49. The number of carbonyl (C=O) groups excluding carboxylic acids is 1. The number of nitrogens with zero attached hydrogens (tertiary/aromatic N) is 3. The Morgan fingerprint density at radius 2 is 2.05 bits per heavy atom. The van der Waals surface area contributed by atoms with E-state index in [-0.39, 0.29) is 6.42 Å². The molecule has 108 valence electrons. The number of rotatable bonds is 5. The average molecular weight is 392 g/mol. The number of aliphatic carboxylic acids is 1. The normalized spacial score (nSPS) is 12.2. The lowest BCUT2D eigenvalue weighted by molar-refractivity contribution is -0.138. The van der Waals surface area contributed by atoms with Crippen molar-refractivity contribution >= 4 is 40.8 Å². The van der Waals surface area contributed by atoms with Crippen molar-refractivity contribution in [1.29, 1.82) is 0 Å². The summed E-state index contributed by atoms with van der Waals surface area (Å²) in [4.78, 5) is 21.7. The molecule has 9 heteroatoms. The fourth-order valence-corrected chi connectivity index (χ4v) is 1.53. The van der Waals surface area contributed by atoms with Crippen LogP contribution in [0.1, 0.15) is 5.56 Å². The number of nitrogens with two attached hydrogens (primary N) is 1. The van der Waals surface area contributed by atoms with E-state index in [0.29, 0.717) is 5.69 Å². The Morgan fingerprint density at radius 1 is 1.45 bits per heavy atom. The van der Waals surface area contributed by atoms with Crippen LogP contribution in [-0.4, -0.2) is 35.3 Å². The minimum atomic E-state index is -1.05. The molecule has 1 aromatic carbocycles. The molecule has 0 aliphatic rings. The summed E-state index contributed by atoms with van der Waals surface area (Å²) in [7, 11) is 1.41. The lowest BCUT2D eigenvalue weighted by atomic mass is 10.1.